The zero-order chi connectivity index (χ0) is 10.8. The van der Waals surface area contributed by atoms with E-state index < -0.39 is 5.92 Å². The summed E-state index contributed by atoms with van der Waals surface area (Å²) in [5.41, 5.74) is 5.46. The van der Waals surface area contributed by atoms with Gasteiger partial charge in [0.25, 0.3) is 5.92 Å². The molecule has 3 nitrogen and oxygen atoms in total. The average Bonchev–Trinajstić information content (AvgIpc) is 2.02. The van der Waals surface area contributed by atoms with Crippen LogP contribution in [-0.4, -0.2) is 35.9 Å². The predicted octanol–water partition coefficient (Wildman–Crippen LogP) is 0.981. The summed E-state index contributed by atoms with van der Waals surface area (Å²) in [5.74, 6) is -2.71. The summed E-state index contributed by atoms with van der Waals surface area (Å²) in [4.78, 5) is 12.9. The maximum atomic E-state index is 12.7. The Hall–Kier alpha value is -0.710. The molecule has 0 aromatic carbocycles. The van der Waals surface area contributed by atoms with Crippen molar-refractivity contribution in [3.8, 4) is 0 Å². The minimum atomic E-state index is -2.59. The van der Waals surface area contributed by atoms with E-state index in [-0.39, 0.29) is 44.3 Å². The summed E-state index contributed by atoms with van der Waals surface area (Å²) in [5, 5.41) is 0. The third-order valence-corrected chi connectivity index (χ3v) is 2.34. The second-order valence-corrected chi connectivity index (χ2v) is 3.92. The normalized spacial score (nSPS) is 23.3. The molecule has 1 aliphatic rings. The van der Waals surface area contributed by atoms with E-state index in [1.807, 2.05) is 0 Å². The fourth-order valence-corrected chi connectivity index (χ4v) is 1.49. The zero-order valence-electron chi connectivity index (χ0n) is 8.30. The summed E-state index contributed by atoms with van der Waals surface area (Å²) >= 11 is 0. The molecular formula is C9H16F2N2O. The third kappa shape index (κ3) is 3.21. The van der Waals surface area contributed by atoms with E-state index in [9.17, 15) is 13.6 Å². The highest BCUT2D eigenvalue weighted by Gasteiger charge is 2.35. The molecule has 0 bridgehead atoms. The van der Waals surface area contributed by atoms with Gasteiger partial charge >= 0.3 is 0 Å². The van der Waals surface area contributed by atoms with Crippen molar-refractivity contribution in [1.82, 2.24) is 4.90 Å². The second kappa shape index (κ2) is 4.21. The Kier molecular flexibility index (Phi) is 3.42. The highest BCUT2D eigenvalue weighted by molar-refractivity contribution is 5.76. The first kappa shape index (κ1) is 11.4. The molecule has 5 heteroatoms. The Balaban J connectivity index is 2.38. The van der Waals surface area contributed by atoms with Crippen LogP contribution in [-0.2, 0) is 4.79 Å². The molecule has 1 fully saturated rings. The van der Waals surface area contributed by atoms with Gasteiger partial charge in [0.15, 0.2) is 0 Å². The largest absolute Gasteiger partial charge is 0.342 e. The summed E-state index contributed by atoms with van der Waals surface area (Å²) < 4.78 is 25.5. The molecule has 0 aliphatic carbocycles. The Morgan fingerprint density at radius 3 is 2.43 bits per heavy atom. The molecule has 2 N–H and O–H groups in total. The van der Waals surface area contributed by atoms with Crippen LogP contribution < -0.4 is 5.73 Å². The first-order valence-corrected chi connectivity index (χ1v) is 4.82. The number of amides is 1. The van der Waals surface area contributed by atoms with Crippen molar-refractivity contribution in [2.45, 2.75) is 38.2 Å². The molecule has 1 amide bonds. The van der Waals surface area contributed by atoms with Crippen LogP contribution in [0.1, 0.15) is 26.2 Å². The number of carbonyl (C=O) groups excluding carboxylic acids is 1. The fourth-order valence-electron chi connectivity index (χ4n) is 1.49. The van der Waals surface area contributed by atoms with Crippen molar-refractivity contribution >= 4 is 5.91 Å². The van der Waals surface area contributed by atoms with E-state index in [4.69, 9.17) is 5.73 Å². The number of likely N-dealkylation sites (tertiary alicyclic amines) is 1. The van der Waals surface area contributed by atoms with E-state index in [1.54, 1.807) is 6.92 Å². The zero-order valence-corrected chi connectivity index (χ0v) is 8.30. The van der Waals surface area contributed by atoms with E-state index >= 15 is 0 Å². The molecule has 0 aromatic heterocycles. The Bertz CT molecular complexity index is 209. The smallest absolute Gasteiger partial charge is 0.251 e. The van der Waals surface area contributed by atoms with Crippen LogP contribution in [0.15, 0.2) is 0 Å². The number of halogens is 2. The van der Waals surface area contributed by atoms with Gasteiger partial charge in [0.1, 0.15) is 0 Å². The van der Waals surface area contributed by atoms with Crippen LogP contribution in [0, 0.1) is 0 Å². The summed E-state index contributed by atoms with van der Waals surface area (Å²) in [6.45, 7) is 2.04. The van der Waals surface area contributed by atoms with Crippen LogP contribution in [0.5, 0.6) is 0 Å². The van der Waals surface area contributed by atoms with Gasteiger partial charge in [-0.25, -0.2) is 8.78 Å². The van der Waals surface area contributed by atoms with Gasteiger partial charge in [0.05, 0.1) is 0 Å². The van der Waals surface area contributed by atoms with Crippen molar-refractivity contribution in [3.63, 3.8) is 0 Å². The van der Waals surface area contributed by atoms with Gasteiger partial charge in [-0.15, -0.1) is 0 Å². The molecule has 1 atom stereocenters. The SMILES string of the molecule is CC(N)CC(=O)N1CCC(F)(F)CC1. The Labute approximate surface area is 82.2 Å². The minimum Gasteiger partial charge on any atom is -0.342 e. The van der Waals surface area contributed by atoms with Gasteiger partial charge in [-0.1, -0.05) is 0 Å². The van der Waals surface area contributed by atoms with Crippen LogP contribution in [0.2, 0.25) is 0 Å². The van der Waals surface area contributed by atoms with Crippen molar-refractivity contribution < 1.29 is 13.6 Å². The van der Waals surface area contributed by atoms with Gasteiger partial charge in [0, 0.05) is 38.4 Å². The highest BCUT2D eigenvalue weighted by atomic mass is 19.3. The van der Waals surface area contributed by atoms with Crippen molar-refractivity contribution in [2.75, 3.05) is 13.1 Å². The molecule has 1 heterocycles. The first-order chi connectivity index (χ1) is 6.41. The number of nitrogens with zero attached hydrogens (tertiary/aromatic N) is 1. The van der Waals surface area contributed by atoms with E-state index in [1.165, 1.54) is 4.90 Å². The summed E-state index contributed by atoms with van der Waals surface area (Å²) in [6.07, 6.45) is -0.207. The first-order valence-electron chi connectivity index (χ1n) is 4.82. The maximum Gasteiger partial charge on any atom is 0.251 e. The number of rotatable bonds is 2. The lowest BCUT2D eigenvalue weighted by molar-refractivity contribution is -0.137. The molecular weight excluding hydrogens is 190 g/mol. The number of alkyl halides is 2. The minimum absolute atomic E-state index is 0.115. The highest BCUT2D eigenvalue weighted by Crippen LogP contribution is 2.27. The molecule has 0 aromatic rings. The van der Waals surface area contributed by atoms with Gasteiger partial charge < -0.3 is 10.6 Å². The topological polar surface area (TPSA) is 46.3 Å². The van der Waals surface area contributed by atoms with E-state index in [0.717, 1.165) is 0 Å². The lowest BCUT2D eigenvalue weighted by atomic mass is 10.1. The Morgan fingerprint density at radius 1 is 1.50 bits per heavy atom. The second-order valence-electron chi connectivity index (χ2n) is 3.92. The predicted molar refractivity (Wildman–Crippen MR) is 49.0 cm³/mol. The lowest BCUT2D eigenvalue weighted by Crippen LogP contribution is -2.44. The van der Waals surface area contributed by atoms with Crippen molar-refractivity contribution in [1.29, 1.82) is 0 Å². The molecule has 1 saturated heterocycles. The fraction of sp³-hybridized carbons (Fsp3) is 0.889. The molecule has 1 unspecified atom stereocenters. The van der Waals surface area contributed by atoms with Gasteiger partial charge in [-0.05, 0) is 6.92 Å². The third-order valence-electron chi connectivity index (χ3n) is 2.34. The van der Waals surface area contributed by atoms with Crippen molar-refractivity contribution in [2.24, 2.45) is 5.73 Å². The monoisotopic (exact) mass is 206 g/mol. The molecule has 0 saturated carbocycles. The Morgan fingerprint density at radius 2 is 2.00 bits per heavy atom. The van der Waals surface area contributed by atoms with Gasteiger partial charge in [0.2, 0.25) is 5.91 Å². The van der Waals surface area contributed by atoms with E-state index in [0.29, 0.717) is 0 Å². The van der Waals surface area contributed by atoms with Gasteiger partial charge in [-0.3, -0.25) is 4.79 Å². The quantitative estimate of drug-likeness (QED) is 0.732. The summed E-state index contributed by atoms with van der Waals surface area (Å²) in [6, 6.07) is -0.204. The number of carbonyl (C=O) groups is 1. The summed E-state index contributed by atoms with van der Waals surface area (Å²) in [7, 11) is 0. The van der Waals surface area contributed by atoms with Gasteiger partial charge in [-0.2, -0.15) is 0 Å². The van der Waals surface area contributed by atoms with E-state index in [2.05, 4.69) is 0 Å². The van der Waals surface area contributed by atoms with Crippen LogP contribution >= 0.6 is 0 Å². The molecule has 1 rings (SSSR count). The standard InChI is InChI=1S/C9H16F2N2O/c1-7(12)6-8(14)13-4-2-9(10,11)3-5-13/h7H,2-6,12H2,1H3. The van der Waals surface area contributed by atoms with Crippen LogP contribution in [0.25, 0.3) is 0 Å². The molecule has 0 radical (unpaired) electrons. The van der Waals surface area contributed by atoms with Crippen molar-refractivity contribution in [3.05, 3.63) is 0 Å². The molecule has 82 valence electrons. The number of hydrogen-bond acceptors (Lipinski definition) is 2. The maximum absolute atomic E-state index is 12.7. The molecule has 14 heavy (non-hydrogen) atoms. The number of hydrogen-bond donors (Lipinski definition) is 1. The number of nitrogens with two attached hydrogens (primary N) is 1. The van der Waals surface area contributed by atoms with Crippen LogP contribution in [0.4, 0.5) is 8.78 Å². The average molecular weight is 206 g/mol. The molecule has 1 aliphatic heterocycles. The number of piperidine rings is 1. The lowest BCUT2D eigenvalue weighted by Gasteiger charge is -2.32. The van der Waals surface area contributed by atoms with Crippen LogP contribution in [0.3, 0.4) is 0 Å². The molecule has 0 spiro atoms.